The van der Waals surface area contributed by atoms with Gasteiger partial charge < -0.3 is 14.4 Å². The van der Waals surface area contributed by atoms with Gasteiger partial charge in [-0.1, -0.05) is 64.6 Å². The van der Waals surface area contributed by atoms with Crippen LogP contribution in [0.25, 0.3) is 0 Å². The lowest BCUT2D eigenvalue weighted by Gasteiger charge is -2.19. The minimum absolute atomic E-state index is 0.0481. The lowest BCUT2D eigenvalue weighted by Crippen LogP contribution is -2.29. The Hall–Kier alpha value is -3.30. The molecular weight excluding hydrogens is 578 g/mol. The first-order valence-electron chi connectivity index (χ1n) is 11.1. The van der Waals surface area contributed by atoms with Crippen molar-refractivity contribution in [2.45, 2.75) is 6.42 Å². The van der Waals surface area contributed by atoms with Crippen LogP contribution in [0.5, 0.6) is 11.5 Å². The zero-order valence-electron chi connectivity index (χ0n) is 19.5. The molecule has 5 rings (SSSR count). The molecule has 1 fully saturated rings. The monoisotopic (exact) mass is 592 g/mol. The molecule has 194 valence electrons. The molecule has 0 aliphatic carbocycles. The van der Waals surface area contributed by atoms with Gasteiger partial charge in [0.05, 0.1) is 55.6 Å². The van der Waals surface area contributed by atoms with Crippen LogP contribution in [0.2, 0.25) is 20.1 Å². The summed E-state index contributed by atoms with van der Waals surface area (Å²) in [6, 6.07) is 12.8. The fraction of sp³-hybridized carbons (Fsp3) is 0.154. The average molecular weight is 594 g/mol. The van der Waals surface area contributed by atoms with Crippen LogP contribution in [0.1, 0.15) is 27.1 Å². The van der Waals surface area contributed by atoms with Gasteiger partial charge in [-0.2, -0.15) is 0 Å². The van der Waals surface area contributed by atoms with Gasteiger partial charge in [-0.15, -0.1) is 0 Å². The first kappa shape index (κ1) is 26.3. The number of hydrogen-bond donors (Lipinski definition) is 0. The molecule has 2 heterocycles. The van der Waals surface area contributed by atoms with Gasteiger partial charge in [0.2, 0.25) is 5.91 Å². The minimum atomic E-state index is -0.757. The largest absolute Gasteiger partial charge is 0.495 e. The van der Waals surface area contributed by atoms with Crippen LogP contribution >= 0.6 is 46.4 Å². The number of nitrogens with zero attached hydrogens (tertiary/aromatic N) is 2. The van der Waals surface area contributed by atoms with E-state index in [1.54, 1.807) is 24.3 Å². The molecule has 2 aliphatic heterocycles. The highest BCUT2D eigenvalue weighted by Crippen LogP contribution is 2.46. The van der Waals surface area contributed by atoms with E-state index in [1.165, 1.54) is 36.3 Å². The van der Waals surface area contributed by atoms with Crippen LogP contribution < -0.4 is 19.3 Å². The van der Waals surface area contributed by atoms with Crippen molar-refractivity contribution >= 4 is 81.5 Å². The normalized spacial score (nSPS) is 16.8. The van der Waals surface area contributed by atoms with Crippen molar-refractivity contribution in [3.63, 3.8) is 0 Å². The minimum Gasteiger partial charge on any atom is -0.495 e. The molecule has 3 aromatic carbocycles. The second-order valence-electron chi connectivity index (χ2n) is 8.45. The van der Waals surface area contributed by atoms with E-state index in [0.717, 1.165) is 4.90 Å². The second-order valence-corrected chi connectivity index (χ2v) is 9.96. The van der Waals surface area contributed by atoms with Gasteiger partial charge in [0, 0.05) is 19.0 Å². The summed E-state index contributed by atoms with van der Waals surface area (Å²) < 4.78 is 10.9. The van der Waals surface area contributed by atoms with Crippen molar-refractivity contribution in [2.24, 2.45) is 5.92 Å². The fourth-order valence-corrected chi connectivity index (χ4v) is 5.43. The molecule has 0 radical (unpaired) electrons. The van der Waals surface area contributed by atoms with Crippen LogP contribution in [0, 0.1) is 5.92 Å². The molecule has 1 atom stereocenters. The van der Waals surface area contributed by atoms with Crippen molar-refractivity contribution in [1.82, 2.24) is 0 Å². The zero-order valence-corrected chi connectivity index (χ0v) is 22.5. The number of ether oxygens (including phenoxy) is 2. The molecule has 38 heavy (non-hydrogen) atoms. The van der Waals surface area contributed by atoms with E-state index in [4.69, 9.17) is 55.9 Å². The molecule has 0 aromatic heterocycles. The van der Waals surface area contributed by atoms with E-state index in [0.29, 0.717) is 11.4 Å². The Kier molecular flexibility index (Phi) is 7.00. The smallest absolute Gasteiger partial charge is 0.316 e. The number of amides is 3. The lowest BCUT2D eigenvalue weighted by molar-refractivity contribution is -0.139. The molecular formula is C26H16Cl4N2O6. The summed E-state index contributed by atoms with van der Waals surface area (Å²) in [6.45, 7) is 0.106. The number of carbonyl (C=O) groups excluding carboxylic acids is 4. The van der Waals surface area contributed by atoms with Crippen LogP contribution in [0.15, 0.2) is 48.5 Å². The van der Waals surface area contributed by atoms with E-state index < -0.39 is 23.7 Å². The molecule has 0 unspecified atom stereocenters. The Bertz CT molecular complexity index is 1500. The van der Waals surface area contributed by atoms with Crippen LogP contribution in [-0.2, 0) is 9.59 Å². The quantitative estimate of drug-likeness (QED) is 0.117. The van der Waals surface area contributed by atoms with E-state index in [2.05, 4.69) is 0 Å². The van der Waals surface area contributed by atoms with E-state index in [1.807, 2.05) is 0 Å². The molecule has 0 bridgehead atoms. The van der Waals surface area contributed by atoms with E-state index >= 15 is 0 Å². The molecule has 12 heteroatoms. The first-order chi connectivity index (χ1) is 18.1. The predicted octanol–water partition coefficient (Wildman–Crippen LogP) is 6.07. The third-order valence-electron chi connectivity index (χ3n) is 6.23. The summed E-state index contributed by atoms with van der Waals surface area (Å²) in [6.07, 6.45) is -0.0481. The molecule has 3 aromatic rings. The Morgan fingerprint density at radius 3 is 2.13 bits per heavy atom. The third kappa shape index (κ3) is 4.27. The van der Waals surface area contributed by atoms with Crippen molar-refractivity contribution in [2.75, 3.05) is 23.5 Å². The van der Waals surface area contributed by atoms with Gasteiger partial charge in [0.25, 0.3) is 11.8 Å². The number of imide groups is 1. The van der Waals surface area contributed by atoms with Gasteiger partial charge in [0.1, 0.15) is 11.5 Å². The number of carbonyl (C=O) groups is 4. The van der Waals surface area contributed by atoms with Crippen molar-refractivity contribution in [3.05, 3.63) is 79.7 Å². The maximum Gasteiger partial charge on any atom is 0.316 e. The SMILES string of the molecule is COc1ccccc1N1C[C@@H](C(=O)Oc2cccc(N3C(=O)c4c(Cl)c(Cl)c(Cl)c(Cl)c4C3=O)c2)CC1=O. The number of fused-ring (bicyclic) bond motifs is 1. The number of anilines is 2. The highest BCUT2D eigenvalue weighted by atomic mass is 35.5. The van der Waals surface area contributed by atoms with Crippen molar-refractivity contribution in [1.29, 1.82) is 0 Å². The number of para-hydroxylation sites is 2. The Balaban J connectivity index is 1.37. The predicted molar refractivity (Wildman–Crippen MR) is 143 cm³/mol. The summed E-state index contributed by atoms with van der Waals surface area (Å²) >= 11 is 24.6. The van der Waals surface area contributed by atoms with Crippen LogP contribution in [0.4, 0.5) is 11.4 Å². The van der Waals surface area contributed by atoms with Crippen LogP contribution in [-0.4, -0.2) is 37.3 Å². The molecule has 8 nitrogen and oxygen atoms in total. The summed E-state index contributed by atoms with van der Waals surface area (Å²) in [5.74, 6) is -2.56. The Morgan fingerprint density at radius 2 is 1.50 bits per heavy atom. The maximum absolute atomic E-state index is 13.1. The summed E-state index contributed by atoms with van der Waals surface area (Å²) in [4.78, 5) is 54.2. The van der Waals surface area contributed by atoms with Crippen LogP contribution in [0.3, 0.4) is 0 Å². The maximum atomic E-state index is 13.1. The first-order valence-corrected chi connectivity index (χ1v) is 12.6. The number of benzene rings is 3. The van der Waals surface area contributed by atoms with Gasteiger partial charge in [-0.25, -0.2) is 4.90 Å². The summed E-state index contributed by atoms with van der Waals surface area (Å²) in [5.41, 5.74) is 0.332. The number of methoxy groups -OCH3 is 1. The standard InChI is InChI=1S/C26H16Cl4N2O6/c1-37-16-8-3-2-7-15(16)31-11-12(9-17(31)33)26(36)38-14-6-4-5-13(10-14)32-24(34)18-19(25(32)35)21(28)23(30)22(29)20(18)27/h2-8,10,12H,9,11H2,1H3/t12-/m0/s1. The fourth-order valence-electron chi connectivity index (χ4n) is 4.42. The molecule has 0 spiro atoms. The Morgan fingerprint density at radius 1 is 0.868 bits per heavy atom. The van der Waals surface area contributed by atoms with Gasteiger partial charge >= 0.3 is 5.97 Å². The van der Waals surface area contributed by atoms with Gasteiger partial charge in [0.15, 0.2) is 0 Å². The topological polar surface area (TPSA) is 93.2 Å². The third-order valence-corrected chi connectivity index (χ3v) is 8.03. The number of halogens is 4. The summed E-state index contributed by atoms with van der Waals surface area (Å²) in [5, 5.41) is -0.665. The number of hydrogen-bond acceptors (Lipinski definition) is 6. The molecule has 0 saturated carbocycles. The highest BCUT2D eigenvalue weighted by Gasteiger charge is 2.43. The number of esters is 1. The zero-order chi connectivity index (χ0) is 27.3. The van der Waals surface area contributed by atoms with E-state index in [-0.39, 0.29) is 61.5 Å². The highest BCUT2D eigenvalue weighted by molar-refractivity contribution is 6.56. The average Bonchev–Trinajstić information content (AvgIpc) is 3.42. The van der Waals surface area contributed by atoms with Gasteiger partial charge in [-0.05, 0) is 24.3 Å². The second kappa shape index (κ2) is 10.1. The number of rotatable bonds is 5. The molecule has 2 aliphatic rings. The Labute approximate surface area is 236 Å². The van der Waals surface area contributed by atoms with Crippen molar-refractivity contribution in [3.8, 4) is 11.5 Å². The van der Waals surface area contributed by atoms with E-state index in [9.17, 15) is 19.2 Å². The lowest BCUT2D eigenvalue weighted by atomic mass is 10.1. The molecule has 1 saturated heterocycles. The van der Waals surface area contributed by atoms with Crippen molar-refractivity contribution < 1.29 is 28.7 Å². The molecule has 3 amide bonds. The molecule has 0 N–H and O–H groups in total. The van der Waals surface area contributed by atoms with Gasteiger partial charge in [-0.3, -0.25) is 19.2 Å². The summed E-state index contributed by atoms with van der Waals surface area (Å²) in [7, 11) is 1.50.